The van der Waals surface area contributed by atoms with Crippen molar-refractivity contribution in [2.24, 2.45) is 0 Å². The summed E-state index contributed by atoms with van der Waals surface area (Å²) >= 11 is 0. The van der Waals surface area contributed by atoms with E-state index >= 15 is 0 Å². The lowest BCUT2D eigenvalue weighted by Crippen LogP contribution is -2.49. The van der Waals surface area contributed by atoms with E-state index in [1.165, 1.54) is 0 Å². The van der Waals surface area contributed by atoms with E-state index in [9.17, 15) is 8.42 Å². The zero-order valence-corrected chi connectivity index (χ0v) is 12.8. The summed E-state index contributed by atoms with van der Waals surface area (Å²) in [6.07, 6.45) is 2.91. The van der Waals surface area contributed by atoms with E-state index in [0.29, 0.717) is 18.0 Å². The molecule has 0 radical (unpaired) electrons. The zero-order valence-electron chi connectivity index (χ0n) is 12.0. The molecule has 112 valence electrons. The predicted octanol–water partition coefficient (Wildman–Crippen LogP) is 1.25. The molecule has 0 unspecified atom stereocenters. The second-order valence-electron chi connectivity index (χ2n) is 5.24. The molecule has 1 saturated carbocycles. The lowest BCUT2D eigenvalue weighted by Gasteiger charge is -2.40. The van der Waals surface area contributed by atoms with Gasteiger partial charge in [-0.3, -0.25) is 0 Å². The Morgan fingerprint density at radius 1 is 1.35 bits per heavy atom. The first-order valence-electron chi connectivity index (χ1n) is 6.80. The van der Waals surface area contributed by atoms with Gasteiger partial charge in [-0.15, -0.1) is 0 Å². The van der Waals surface area contributed by atoms with Gasteiger partial charge in [0.05, 0.1) is 10.5 Å². The van der Waals surface area contributed by atoms with Gasteiger partial charge in [-0.25, -0.2) is 13.1 Å². The van der Waals surface area contributed by atoms with Gasteiger partial charge >= 0.3 is 0 Å². The fourth-order valence-electron chi connectivity index (χ4n) is 2.36. The molecule has 0 bridgehead atoms. The van der Waals surface area contributed by atoms with E-state index in [2.05, 4.69) is 10.0 Å². The van der Waals surface area contributed by atoms with Crippen LogP contribution in [0.1, 0.15) is 24.8 Å². The van der Waals surface area contributed by atoms with Gasteiger partial charge in [0.1, 0.15) is 0 Å². The Hall–Kier alpha value is -0.950. The standard InChI is InChI=1S/C14H22N2O3S/c1-15-10-12-5-3-6-13(9-12)20(17,18)16-11-14(19-2)7-4-8-14/h3,5-6,9,15-16H,4,7-8,10-11H2,1-2H3. The van der Waals surface area contributed by atoms with Gasteiger partial charge in [-0.1, -0.05) is 12.1 Å². The minimum atomic E-state index is -3.48. The predicted molar refractivity (Wildman–Crippen MR) is 78.0 cm³/mol. The maximum absolute atomic E-state index is 12.3. The highest BCUT2D eigenvalue weighted by Crippen LogP contribution is 2.34. The summed E-state index contributed by atoms with van der Waals surface area (Å²) in [4.78, 5) is 0.302. The number of nitrogens with one attached hydrogen (secondary N) is 2. The SMILES string of the molecule is CNCc1cccc(S(=O)(=O)NCC2(OC)CCC2)c1. The van der Waals surface area contributed by atoms with Crippen molar-refractivity contribution in [3.05, 3.63) is 29.8 Å². The topological polar surface area (TPSA) is 67.4 Å². The smallest absolute Gasteiger partial charge is 0.240 e. The van der Waals surface area contributed by atoms with Crippen molar-refractivity contribution in [3.8, 4) is 0 Å². The van der Waals surface area contributed by atoms with Gasteiger partial charge in [-0.05, 0) is 44.0 Å². The first kappa shape index (κ1) is 15.4. The Morgan fingerprint density at radius 3 is 2.65 bits per heavy atom. The summed E-state index contributed by atoms with van der Waals surface area (Å²) in [5.74, 6) is 0. The summed E-state index contributed by atoms with van der Waals surface area (Å²) in [6, 6.07) is 6.97. The summed E-state index contributed by atoms with van der Waals surface area (Å²) in [5, 5.41) is 3.01. The summed E-state index contributed by atoms with van der Waals surface area (Å²) in [5.41, 5.74) is 0.635. The quantitative estimate of drug-likeness (QED) is 0.795. The van der Waals surface area contributed by atoms with Crippen molar-refractivity contribution in [1.29, 1.82) is 0 Å². The van der Waals surface area contributed by atoms with Crippen LogP contribution in [0.15, 0.2) is 29.2 Å². The van der Waals surface area contributed by atoms with Crippen LogP contribution < -0.4 is 10.0 Å². The van der Waals surface area contributed by atoms with Gasteiger partial charge in [0.15, 0.2) is 0 Å². The third-order valence-corrected chi connectivity index (χ3v) is 5.27. The molecule has 1 fully saturated rings. The molecule has 5 nitrogen and oxygen atoms in total. The van der Waals surface area contributed by atoms with Gasteiger partial charge in [0.25, 0.3) is 0 Å². The molecule has 20 heavy (non-hydrogen) atoms. The molecule has 0 spiro atoms. The molecule has 0 heterocycles. The Balaban J connectivity index is 2.08. The lowest BCUT2D eigenvalue weighted by molar-refractivity contribution is -0.0659. The molecule has 6 heteroatoms. The highest BCUT2D eigenvalue weighted by molar-refractivity contribution is 7.89. The van der Waals surface area contributed by atoms with E-state index in [1.54, 1.807) is 25.3 Å². The normalized spacial score (nSPS) is 17.7. The van der Waals surface area contributed by atoms with Crippen molar-refractivity contribution >= 4 is 10.0 Å². The fraction of sp³-hybridized carbons (Fsp3) is 0.571. The number of methoxy groups -OCH3 is 1. The Kier molecular flexibility index (Phi) is 4.80. The molecule has 0 aromatic heterocycles. The van der Waals surface area contributed by atoms with E-state index in [-0.39, 0.29) is 5.60 Å². The van der Waals surface area contributed by atoms with Crippen LogP contribution in [0.5, 0.6) is 0 Å². The summed E-state index contributed by atoms with van der Waals surface area (Å²) < 4.78 is 32.7. The van der Waals surface area contributed by atoms with Crippen LogP contribution in [-0.4, -0.2) is 34.7 Å². The molecule has 0 atom stereocenters. The number of ether oxygens (including phenoxy) is 1. The molecule has 0 aliphatic heterocycles. The molecular formula is C14H22N2O3S. The van der Waals surface area contributed by atoms with Gasteiger partial charge in [0.2, 0.25) is 10.0 Å². The van der Waals surface area contributed by atoms with Crippen LogP contribution in [0.2, 0.25) is 0 Å². The first-order valence-corrected chi connectivity index (χ1v) is 8.28. The summed E-state index contributed by atoms with van der Waals surface area (Å²) in [6.45, 7) is 0.980. The molecule has 0 amide bonds. The van der Waals surface area contributed by atoms with Crippen LogP contribution in [0.3, 0.4) is 0 Å². The Labute approximate surface area is 120 Å². The van der Waals surface area contributed by atoms with Gasteiger partial charge in [-0.2, -0.15) is 0 Å². The molecule has 1 aliphatic rings. The maximum atomic E-state index is 12.3. The van der Waals surface area contributed by atoms with Crippen molar-refractivity contribution in [3.63, 3.8) is 0 Å². The average Bonchev–Trinajstić information content (AvgIpc) is 2.39. The third kappa shape index (κ3) is 3.38. The van der Waals surface area contributed by atoms with E-state index in [1.807, 2.05) is 13.1 Å². The van der Waals surface area contributed by atoms with Crippen molar-refractivity contribution < 1.29 is 13.2 Å². The Bertz CT molecular complexity index is 548. The molecule has 2 N–H and O–H groups in total. The van der Waals surface area contributed by atoms with Crippen LogP contribution in [-0.2, 0) is 21.3 Å². The van der Waals surface area contributed by atoms with Crippen molar-refractivity contribution in [1.82, 2.24) is 10.0 Å². The molecule has 2 rings (SSSR count). The average molecular weight is 298 g/mol. The maximum Gasteiger partial charge on any atom is 0.240 e. The van der Waals surface area contributed by atoms with Gasteiger partial charge in [0, 0.05) is 20.2 Å². The van der Waals surface area contributed by atoms with E-state index in [4.69, 9.17) is 4.74 Å². The highest BCUT2D eigenvalue weighted by atomic mass is 32.2. The zero-order chi connectivity index (χ0) is 14.6. The lowest BCUT2D eigenvalue weighted by atomic mass is 9.80. The molecule has 1 aliphatic carbocycles. The number of hydrogen-bond acceptors (Lipinski definition) is 4. The second kappa shape index (κ2) is 6.22. The minimum Gasteiger partial charge on any atom is -0.377 e. The molecular weight excluding hydrogens is 276 g/mol. The number of rotatable bonds is 7. The number of sulfonamides is 1. The second-order valence-corrected chi connectivity index (χ2v) is 7.01. The highest BCUT2D eigenvalue weighted by Gasteiger charge is 2.38. The van der Waals surface area contributed by atoms with Crippen LogP contribution >= 0.6 is 0 Å². The third-order valence-electron chi connectivity index (χ3n) is 3.87. The van der Waals surface area contributed by atoms with Crippen LogP contribution in [0.25, 0.3) is 0 Å². The summed E-state index contributed by atoms with van der Waals surface area (Å²) in [7, 11) is -0.00677. The first-order chi connectivity index (χ1) is 9.51. The molecule has 1 aromatic carbocycles. The van der Waals surface area contributed by atoms with Crippen LogP contribution in [0.4, 0.5) is 0 Å². The van der Waals surface area contributed by atoms with Crippen molar-refractivity contribution in [2.45, 2.75) is 36.3 Å². The monoisotopic (exact) mass is 298 g/mol. The fourth-order valence-corrected chi connectivity index (χ4v) is 3.54. The van der Waals surface area contributed by atoms with Gasteiger partial charge < -0.3 is 10.1 Å². The van der Waals surface area contributed by atoms with E-state index < -0.39 is 10.0 Å². The Morgan fingerprint density at radius 2 is 2.10 bits per heavy atom. The largest absolute Gasteiger partial charge is 0.377 e. The van der Waals surface area contributed by atoms with E-state index in [0.717, 1.165) is 24.8 Å². The number of hydrogen-bond donors (Lipinski definition) is 2. The molecule has 0 saturated heterocycles. The van der Waals surface area contributed by atoms with Crippen molar-refractivity contribution in [2.75, 3.05) is 20.7 Å². The molecule has 1 aromatic rings. The minimum absolute atomic E-state index is 0.302. The number of benzene rings is 1. The van der Waals surface area contributed by atoms with Crippen LogP contribution in [0, 0.1) is 0 Å².